The second-order valence-electron chi connectivity index (χ2n) is 7.96. The number of likely N-dealkylation sites (tertiary alicyclic amines) is 1. The first-order valence-electron chi connectivity index (χ1n) is 8.12. The summed E-state index contributed by atoms with van der Waals surface area (Å²) in [5.41, 5.74) is -4.58. The van der Waals surface area contributed by atoms with E-state index in [-0.39, 0.29) is 19.4 Å². The summed E-state index contributed by atoms with van der Waals surface area (Å²) in [5, 5.41) is 20.6. The van der Waals surface area contributed by atoms with E-state index in [1.165, 1.54) is 4.90 Å². The molecule has 1 aliphatic heterocycles. The van der Waals surface area contributed by atoms with E-state index in [1.807, 2.05) is 0 Å². The molecule has 0 spiro atoms. The number of halogens is 2. The molecule has 0 aromatic carbocycles. The predicted molar refractivity (Wildman–Crippen MR) is 80.9 cm³/mol. The maximum Gasteiger partial charge on any atom is 0.410 e. The van der Waals surface area contributed by atoms with Gasteiger partial charge >= 0.3 is 12.1 Å². The van der Waals surface area contributed by atoms with E-state index in [2.05, 4.69) is 0 Å². The maximum absolute atomic E-state index is 13.7. The Labute approximate surface area is 139 Å². The quantitative estimate of drug-likeness (QED) is 0.800. The first kappa shape index (κ1) is 18.9. The van der Waals surface area contributed by atoms with Gasteiger partial charge in [-0.1, -0.05) is 0 Å². The highest BCUT2D eigenvalue weighted by Crippen LogP contribution is 2.55. The molecule has 1 saturated heterocycles. The van der Waals surface area contributed by atoms with Crippen molar-refractivity contribution in [3.8, 4) is 0 Å². The number of hydrogen-bond acceptors (Lipinski definition) is 4. The molecule has 1 aliphatic carbocycles. The Bertz CT molecular complexity index is 533. The van der Waals surface area contributed by atoms with Gasteiger partial charge in [0, 0.05) is 19.4 Å². The van der Waals surface area contributed by atoms with Crippen molar-refractivity contribution in [2.75, 3.05) is 13.1 Å². The average Bonchev–Trinajstić information content (AvgIpc) is 2.75. The molecule has 138 valence electrons. The SMILES string of the molecule is CC(C)(C)OC(=O)N1CCCC(O)(C2(C(=O)O)CCC(F)(F)C2)C1. The standard InChI is InChI=1S/C16H25F2NO5/c1-13(2,3)24-12(22)19-8-4-5-15(23,10-19)14(11(20)21)6-7-16(17,18)9-14/h23H,4-10H2,1-3H3,(H,20,21). The zero-order chi connectivity index (χ0) is 18.4. The minimum Gasteiger partial charge on any atom is -0.481 e. The van der Waals surface area contributed by atoms with Crippen molar-refractivity contribution in [2.24, 2.45) is 5.41 Å². The molecule has 1 saturated carbocycles. The van der Waals surface area contributed by atoms with E-state index in [0.29, 0.717) is 13.0 Å². The number of carboxylic acids is 1. The average molecular weight is 349 g/mol. The van der Waals surface area contributed by atoms with E-state index in [1.54, 1.807) is 20.8 Å². The Morgan fingerprint density at radius 2 is 1.79 bits per heavy atom. The van der Waals surface area contributed by atoms with Gasteiger partial charge < -0.3 is 19.8 Å². The van der Waals surface area contributed by atoms with Gasteiger partial charge in [-0.05, 0) is 40.0 Å². The summed E-state index contributed by atoms with van der Waals surface area (Å²) < 4.78 is 32.7. The molecule has 2 aliphatic rings. The maximum atomic E-state index is 13.7. The summed E-state index contributed by atoms with van der Waals surface area (Å²) in [6.07, 6.45) is -2.08. The molecule has 2 atom stereocenters. The van der Waals surface area contributed by atoms with Gasteiger partial charge in [0.2, 0.25) is 5.92 Å². The van der Waals surface area contributed by atoms with Crippen molar-refractivity contribution in [1.82, 2.24) is 4.90 Å². The number of amides is 1. The highest BCUT2D eigenvalue weighted by atomic mass is 19.3. The Morgan fingerprint density at radius 1 is 1.17 bits per heavy atom. The minimum absolute atomic E-state index is 0.0642. The third-order valence-corrected chi connectivity index (χ3v) is 4.90. The lowest BCUT2D eigenvalue weighted by Gasteiger charge is -2.47. The van der Waals surface area contributed by atoms with Crippen LogP contribution in [0.2, 0.25) is 0 Å². The van der Waals surface area contributed by atoms with Crippen molar-refractivity contribution in [3.05, 3.63) is 0 Å². The Hall–Kier alpha value is -1.44. The summed E-state index contributed by atoms with van der Waals surface area (Å²) in [7, 11) is 0. The van der Waals surface area contributed by atoms with Gasteiger partial charge in [-0.2, -0.15) is 0 Å². The smallest absolute Gasteiger partial charge is 0.410 e. The lowest BCUT2D eigenvalue weighted by Crippen LogP contribution is -2.62. The highest BCUT2D eigenvalue weighted by Gasteiger charge is 2.65. The van der Waals surface area contributed by atoms with Crippen molar-refractivity contribution in [2.45, 2.75) is 70.0 Å². The van der Waals surface area contributed by atoms with Gasteiger partial charge in [0.25, 0.3) is 0 Å². The molecule has 0 radical (unpaired) electrons. The van der Waals surface area contributed by atoms with E-state index in [4.69, 9.17) is 4.74 Å². The number of nitrogens with zero attached hydrogens (tertiary/aromatic N) is 1. The molecule has 8 heteroatoms. The van der Waals surface area contributed by atoms with Crippen molar-refractivity contribution < 1.29 is 33.3 Å². The topological polar surface area (TPSA) is 87.1 Å². The van der Waals surface area contributed by atoms with Crippen LogP contribution in [0.1, 0.15) is 52.9 Å². The summed E-state index contributed by atoms with van der Waals surface area (Å²) >= 11 is 0. The third kappa shape index (κ3) is 3.48. The first-order valence-corrected chi connectivity index (χ1v) is 8.12. The Morgan fingerprint density at radius 3 is 2.25 bits per heavy atom. The molecular formula is C16H25F2NO5. The molecule has 0 bridgehead atoms. The summed E-state index contributed by atoms with van der Waals surface area (Å²) in [4.78, 5) is 25.2. The van der Waals surface area contributed by atoms with Gasteiger partial charge in [0.1, 0.15) is 11.0 Å². The normalized spacial score (nSPS) is 33.3. The molecule has 24 heavy (non-hydrogen) atoms. The third-order valence-electron chi connectivity index (χ3n) is 4.90. The molecule has 6 nitrogen and oxygen atoms in total. The van der Waals surface area contributed by atoms with Gasteiger partial charge in [-0.3, -0.25) is 4.79 Å². The van der Waals surface area contributed by atoms with E-state index in [0.717, 1.165) is 0 Å². The zero-order valence-corrected chi connectivity index (χ0v) is 14.3. The van der Waals surface area contributed by atoms with E-state index in [9.17, 15) is 28.6 Å². The van der Waals surface area contributed by atoms with Crippen LogP contribution in [-0.4, -0.2) is 57.4 Å². The van der Waals surface area contributed by atoms with Gasteiger partial charge in [0.15, 0.2) is 0 Å². The Balaban J connectivity index is 2.25. The van der Waals surface area contributed by atoms with Crippen LogP contribution >= 0.6 is 0 Å². The number of aliphatic carboxylic acids is 1. The molecule has 2 fully saturated rings. The summed E-state index contributed by atoms with van der Waals surface area (Å²) in [6, 6.07) is 0. The van der Waals surface area contributed by atoms with Crippen molar-refractivity contribution in [1.29, 1.82) is 0 Å². The second-order valence-corrected chi connectivity index (χ2v) is 7.96. The fraction of sp³-hybridized carbons (Fsp3) is 0.875. The van der Waals surface area contributed by atoms with Crippen LogP contribution in [0.5, 0.6) is 0 Å². The molecule has 0 aromatic rings. The highest BCUT2D eigenvalue weighted by molar-refractivity contribution is 5.77. The number of piperidine rings is 1. The van der Waals surface area contributed by atoms with Crippen LogP contribution in [0.15, 0.2) is 0 Å². The van der Waals surface area contributed by atoms with E-state index < -0.39 is 47.4 Å². The molecule has 2 rings (SSSR count). The number of hydrogen-bond donors (Lipinski definition) is 2. The van der Waals surface area contributed by atoms with Gasteiger partial charge in [-0.25, -0.2) is 13.6 Å². The molecule has 2 unspecified atom stereocenters. The largest absolute Gasteiger partial charge is 0.481 e. The number of carbonyl (C=O) groups excluding carboxylic acids is 1. The van der Waals surface area contributed by atoms with Gasteiger partial charge in [0.05, 0.1) is 12.1 Å². The van der Waals surface area contributed by atoms with Gasteiger partial charge in [-0.15, -0.1) is 0 Å². The number of carbonyl (C=O) groups is 2. The van der Waals surface area contributed by atoms with Crippen LogP contribution in [0, 0.1) is 5.41 Å². The van der Waals surface area contributed by atoms with Crippen LogP contribution in [0.4, 0.5) is 13.6 Å². The number of aliphatic hydroxyl groups is 1. The van der Waals surface area contributed by atoms with Crippen LogP contribution in [0.3, 0.4) is 0 Å². The number of alkyl halides is 2. The van der Waals surface area contributed by atoms with Crippen molar-refractivity contribution in [3.63, 3.8) is 0 Å². The summed E-state index contributed by atoms with van der Waals surface area (Å²) in [5.74, 6) is -4.56. The minimum atomic E-state index is -3.12. The molecule has 0 aromatic heterocycles. The Kier molecular flexibility index (Phi) is 4.58. The fourth-order valence-electron chi connectivity index (χ4n) is 3.70. The molecule has 1 amide bonds. The predicted octanol–water partition coefficient (Wildman–Crippen LogP) is 2.64. The van der Waals surface area contributed by atoms with Crippen LogP contribution in [-0.2, 0) is 9.53 Å². The van der Waals surface area contributed by atoms with Crippen LogP contribution in [0.25, 0.3) is 0 Å². The molecular weight excluding hydrogens is 324 g/mol. The number of β-amino-alcohol motifs (C(OH)–C–C–N with tert-alkyl or cyclic N) is 1. The molecule has 1 heterocycles. The molecule has 2 N–H and O–H groups in total. The lowest BCUT2D eigenvalue weighted by atomic mass is 9.66. The second kappa shape index (κ2) is 5.82. The fourth-order valence-corrected chi connectivity index (χ4v) is 3.70. The first-order chi connectivity index (χ1) is 10.8. The number of carboxylic acid groups (broad SMARTS) is 1. The lowest BCUT2D eigenvalue weighted by molar-refractivity contribution is -0.181. The number of ether oxygens (including phenoxy) is 1. The van der Waals surface area contributed by atoms with E-state index >= 15 is 0 Å². The van der Waals surface area contributed by atoms with Crippen molar-refractivity contribution >= 4 is 12.1 Å². The summed E-state index contributed by atoms with van der Waals surface area (Å²) in [6.45, 7) is 5.06. The zero-order valence-electron chi connectivity index (χ0n) is 14.3. The monoisotopic (exact) mass is 349 g/mol. The number of rotatable bonds is 2. The van der Waals surface area contributed by atoms with Crippen LogP contribution < -0.4 is 0 Å².